The number of carbonyl (C=O) groups excluding carboxylic acids is 4. The Morgan fingerprint density at radius 1 is 0.853 bits per heavy atom. The second kappa shape index (κ2) is 12.5. The van der Waals surface area contributed by atoms with Gasteiger partial charge in [0.25, 0.3) is 0 Å². The van der Waals surface area contributed by atoms with Crippen molar-refractivity contribution < 1.29 is 38.1 Å². The highest BCUT2D eigenvalue weighted by atomic mass is 16.6. The van der Waals surface area contributed by atoms with E-state index >= 15 is 0 Å². The number of hydrogen-bond acceptors (Lipinski definition) is 9. The maximum Gasteiger partial charge on any atom is 0.323 e. The molecule has 9 heteroatoms. The van der Waals surface area contributed by atoms with Crippen LogP contribution in [0.15, 0.2) is 18.2 Å². The van der Waals surface area contributed by atoms with Crippen molar-refractivity contribution in [2.24, 2.45) is 23.0 Å². The first-order valence-corrected chi connectivity index (χ1v) is 11.3. The predicted octanol–water partition coefficient (Wildman–Crippen LogP) is 3.20. The van der Waals surface area contributed by atoms with Gasteiger partial charge in [0.1, 0.15) is 18.8 Å². The first-order valence-electron chi connectivity index (χ1n) is 11.3. The number of ether oxygens (including phenoxy) is 4. The predicted molar refractivity (Wildman–Crippen MR) is 125 cm³/mol. The average Bonchev–Trinajstić information content (AvgIpc) is 2.72. The van der Waals surface area contributed by atoms with Crippen LogP contribution in [0, 0.1) is 17.3 Å². The summed E-state index contributed by atoms with van der Waals surface area (Å²) >= 11 is 0. The second-order valence-electron chi connectivity index (χ2n) is 9.84. The van der Waals surface area contributed by atoms with Gasteiger partial charge in [-0.05, 0) is 51.8 Å². The molecular formula is C25H37NO8. The minimum atomic E-state index is -1.01. The summed E-state index contributed by atoms with van der Waals surface area (Å²) in [4.78, 5) is 48.4. The van der Waals surface area contributed by atoms with Crippen LogP contribution in [0.2, 0.25) is 0 Å². The van der Waals surface area contributed by atoms with E-state index in [-0.39, 0.29) is 30.4 Å². The van der Waals surface area contributed by atoms with Crippen LogP contribution >= 0.6 is 0 Å². The minimum absolute atomic E-state index is 0.0634. The highest BCUT2D eigenvalue weighted by Crippen LogP contribution is 2.30. The first kappa shape index (κ1) is 29.1. The van der Waals surface area contributed by atoms with Crippen molar-refractivity contribution in [1.82, 2.24) is 0 Å². The lowest BCUT2D eigenvalue weighted by atomic mass is 9.97. The van der Waals surface area contributed by atoms with E-state index < -0.39 is 47.4 Å². The van der Waals surface area contributed by atoms with Crippen molar-refractivity contribution >= 4 is 23.9 Å². The fourth-order valence-corrected chi connectivity index (χ4v) is 2.33. The van der Waals surface area contributed by atoms with Gasteiger partial charge in [-0.1, -0.05) is 33.8 Å². The van der Waals surface area contributed by atoms with Crippen molar-refractivity contribution in [1.29, 1.82) is 0 Å². The maximum absolute atomic E-state index is 12.3. The summed E-state index contributed by atoms with van der Waals surface area (Å²) < 4.78 is 21.2. The van der Waals surface area contributed by atoms with Crippen molar-refractivity contribution in [2.75, 3.05) is 6.61 Å². The minimum Gasteiger partial charge on any atom is -0.461 e. The lowest BCUT2D eigenvalue weighted by Gasteiger charge is -2.21. The molecule has 0 amide bonds. The molecule has 0 heterocycles. The molecule has 1 aromatic carbocycles. The van der Waals surface area contributed by atoms with Gasteiger partial charge in [-0.15, -0.1) is 0 Å². The Morgan fingerprint density at radius 3 is 1.88 bits per heavy atom. The molecule has 0 unspecified atom stereocenters. The molecule has 9 nitrogen and oxygen atoms in total. The Hall–Kier alpha value is -2.94. The van der Waals surface area contributed by atoms with Crippen LogP contribution in [0.5, 0.6) is 11.5 Å². The summed E-state index contributed by atoms with van der Waals surface area (Å²) in [5.74, 6) is -2.66. The molecule has 0 radical (unpaired) electrons. The van der Waals surface area contributed by atoms with E-state index in [1.165, 1.54) is 12.1 Å². The van der Waals surface area contributed by atoms with E-state index in [1.54, 1.807) is 61.5 Å². The van der Waals surface area contributed by atoms with Gasteiger partial charge in [0, 0.05) is 0 Å². The van der Waals surface area contributed by atoms with Gasteiger partial charge in [-0.2, -0.15) is 0 Å². The summed E-state index contributed by atoms with van der Waals surface area (Å²) in [5, 5.41) is 0. The molecule has 0 aliphatic carbocycles. The number of carbonyl (C=O) groups is 4. The van der Waals surface area contributed by atoms with Gasteiger partial charge in [0.05, 0.1) is 17.3 Å². The maximum atomic E-state index is 12.3. The lowest BCUT2D eigenvalue weighted by Crippen LogP contribution is -2.37. The van der Waals surface area contributed by atoms with E-state index in [0.29, 0.717) is 5.56 Å². The molecule has 0 bridgehead atoms. The van der Waals surface area contributed by atoms with Crippen LogP contribution in [0.3, 0.4) is 0 Å². The molecule has 0 saturated heterocycles. The van der Waals surface area contributed by atoms with Gasteiger partial charge >= 0.3 is 23.9 Å². The molecule has 0 fully saturated rings. The summed E-state index contributed by atoms with van der Waals surface area (Å²) in [7, 11) is 0. The zero-order chi connectivity index (χ0) is 26.2. The molecule has 0 saturated carbocycles. The molecule has 0 aromatic heterocycles. The van der Waals surface area contributed by atoms with E-state index in [0.717, 1.165) is 0 Å². The molecule has 0 aliphatic heterocycles. The van der Waals surface area contributed by atoms with E-state index in [2.05, 4.69) is 0 Å². The highest BCUT2D eigenvalue weighted by Gasteiger charge is 2.26. The molecular weight excluding hydrogens is 442 g/mol. The fraction of sp³-hybridized carbons (Fsp3) is 0.600. The number of esters is 4. The van der Waals surface area contributed by atoms with Crippen LogP contribution in [0.4, 0.5) is 0 Å². The van der Waals surface area contributed by atoms with Crippen molar-refractivity contribution in [3.05, 3.63) is 23.8 Å². The average molecular weight is 480 g/mol. The quantitative estimate of drug-likeness (QED) is 0.397. The van der Waals surface area contributed by atoms with Gasteiger partial charge in [-0.25, -0.2) is 0 Å². The standard InChI is InChI=1S/C25H37NO8/c1-14(2)21(27)33-19-10-9-17(12-20(19)34-22(28)15(3)4)11-18(26)23(29)31-13-16(5)32-24(30)25(6,7)8/h9-10,12,14-16,18H,11,13,26H2,1-8H3/t16-,18-/m0/s1. The second-order valence-corrected chi connectivity index (χ2v) is 9.84. The Balaban J connectivity index is 2.86. The monoisotopic (exact) mass is 479 g/mol. The Bertz CT molecular complexity index is 885. The van der Waals surface area contributed by atoms with Gasteiger partial charge < -0.3 is 24.7 Å². The van der Waals surface area contributed by atoms with E-state index in [4.69, 9.17) is 24.7 Å². The third kappa shape index (κ3) is 9.51. The molecule has 0 aliphatic rings. The molecule has 2 N–H and O–H groups in total. The van der Waals surface area contributed by atoms with Gasteiger partial charge in [0.2, 0.25) is 0 Å². The Kier molecular flexibility index (Phi) is 10.7. The summed E-state index contributed by atoms with van der Waals surface area (Å²) in [6.07, 6.45) is -0.542. The van der Waals surface area contributed by atoms with Crippen molar-refractivity contribution in [2.45, 2.75) is 74.0 Å². The number of nitrogens with two attached hydrogens (primary N) is 1. The number of rotatable bonds is 10. The largest absolute Gasteiger partial charge is 0.461 e. The first-order chi connectivity index (χ1) is 15.6. The van der Waals surface area contributed by atoms with Gasteiger partial charge in [-0.3, -0.25) is 19.2 Å². The van der Waals surface area contributed by atoms with Crippen molar-refractivity contribution in [3.63, 3.8) is 0 Å². The van der Waals surface area contributed by atoms with E-state index in [9.17, 15) is 19.2 Å². The summed E-state index contributed by atoms with van der Waals surface area (Å²) in [6.45, 7) is 13.4. The SMILES string of the molecule is CC(C)C(=O)Oc1ccc(C[C@H](N)C(=O)OC[C@H](C)OC(=O)C(C)(C)C)cc1OC(=O)C(C)C. The van der Waals surface area contributed by atoms with Crippen LogP contribution in [-0.2, 0) is 35.1 Å². The van der Waals surface area contributed by atoms with Crippen LogP contribution in [-0.4, -0.2) is 42.6 Å². The molecule has 1 rings (SSSR count). The third-order valence-electron chi connectivity index (χ3n) is 4.51. The summed E-state index contributed by atoms with van der Waals surface area (Å²) in [5.41, 5.74) is 5.90. The Morgan fingerprint density at radius 2 is 1.38 bits per heavy atom. The zero-order valence-electron chi connectivity index (χ0n) is 21.3. The molecule has 34 heavy (non-hydrogen) atoms. The molecule has 0 spiro atoms. The van der Waals surface area contributed by atoms with Crippen LogP contribution in [0.1, 0.15) is 61.0 Å². The van der Waals surface area contributed by atoms with Crippen LogP contribution in [0.25, 0.3) is 0 Å². The number of hydrogen-bond donors (Lipinski definition) is 1. The fourth-order valence-electron chi connectivity index (χ4n) is 2.33. The summed E-state index contributed by atoms with van der Waals surface area (Å²) in [6, 6.07) is 3.61. The topological polar surface area (TPSA) is 131 Å². The number of benzene rings is 1. The smallest absolute Gasteiger partial charge is 0.323 e. The molecule has 190 valence electrons. The van der Waals surface area contributed by atoms with Crippen molar-refractivity contribution in [3.8, 4) is 11.5 Å². The highest BCUT2D eigenvalue weighted by molar-refractivity contribution is 5.79. The Labute approximate surface area is 201 Å². The molecule has 2 atom stereocenters. The van der Waals surface area contributed by atoms with Gasteiger partial charge in [0.15, 0.2) is 11.5 Å². The zero-order valence-corrected chi connectivity index (χ0v) is 21.3. The lowest BCUT2D eigenvalue weighted by molar-refractivity contribution is -0.165. The van der Waals surface area contributed by atoms with Crippen LogP contribution < -0.4 is 15.2 Å². The van der Waals surface area contributed by atoms with E-state index in [1.807, 2.05) is 0 Å². The normalized spacial score (nSPS) is 13.3. The third-order valence-corrected chi connectivity index (χ3v) is 4.51. The molecule has 1 aromatic rings.